The molecule has 1 unspecified atom stereocenters. The molecule has 1 N–H and O–H groups in total. The number of nitrogens with one attached hydrogen (secondary N) is 1. The van der Waals surface area contributed by atoms with Gasteiger partial charge in [-0.3, -0.25) is 4.79 Å². The molecular formula is C17H17BrClNO. The number of carbonyl (C=O) groups is 1. The van der Waals surface area contributed by atoms with Crippen LogP contribution in [0, 0.1) is 6.92 Å². The first kappa shape index (κ1) is 16.1. The molecule has 0 saturated heterocycles. The van der Waals surface area contributed by atoms with Crippen LogP contribution in [0.2, 0.25) is 5.02 Å². The standard InChI is InChI=1S/C17H17BrClNO/c1-11(9-13-5-3-6-14(19)10-13)20-17(21)15-7-4-8-16(18)12(15)2/h3-8,10-11H,9H2,1-2H3,(H,20,21). The van der Waals surface area contributed by atoms with E-state index in [-0.39, 0.29) is 11.9 Å². The molecule has 2 aromatic rings. The molecule has 110 valence electrons. The van der Waals surface area contributed by atoms with Crippen LogP contribution in [0.25, 0.3) is 0 Å². The number of amides is 1. The lowest BCUT2D eigenvalue weighted by Crippen LogP contribution is -2.34. The third-order valence-electron chi connectivity index (χ3n) is 3.32. The molecule has 0 bridgehead atoms. The zero-order valence-electron chi connectivity index (χ0n) is 12.0. The molecule has 2 rings (SSSR count). The summed E-state index contributed by atoms with van der Waals surface area (Å²) < 4.78 is 0.942. The van der Waals surface area contributed by atoms with Crippen LogP contribution in [0.1, 0.15) is 28.4 Å². The van der Waals surface area contributed by atoms with Gasteiger partial charge < -0.3 is 5.32 Å². The molecule has 2 aromatic carbocycles. The Morgan fingerprint density at radius 2 is 2.00 bits per heavy atom. The van der Waals surface area contributed by atoms with Gasteiger partial charge in [-0.25, -0.2) is 0 Å². The van der Waals surface area contributed by atoms with Gasteiger partial charge in [0.15, 0.2) is 0 Å². The van der Waals surface area contributed by atoms with Crippen molar-refractivity contribution < 1.29 is 4.79 Å². The number of rotatable bonds is 4. The monoisotopic (exact) mass is 365 g/mol. The summed E-state index contributed by atoms with van der Waals surface area (Å²) in [7, 11) is 0. The lowest BCUT2D eigenvalue weighted by atomic mass is 10.1. The van der Waals surface area contributed by atoms with Gasteiger partial charge in [0.2, 0.25) is 0 Å². The average Bonchev–Trinajstić information content (AvgIpc) is 2.41. The molecule has 0 saturated carbocycles. The van der Waals surface area contributed by atoms with Crippen LogP contribution in [-0.4, -0.2) is 11.9 Å². The number of carbonyl (C=O) groups excluding carboxylic acids is 1. The largest absolute Gasteiger partial charge is 0.349 e. The number of benzene rings is 2. The Kier molecular flexibility index (Phi) is 5.43. The Bertz CT molecular complexity index is 657. The fourth-order valence-electron chi connectivity index (χ4n) is 2.22. The van der Waals surface area contributed by atoms with Gasteiger partial charge in [0, 0.05) is 21.1 Å². The fourth-order valence-corrected chi connectivity index (χ4v) is 2.80. The second-order valence-corrected chi connectivity index (χ2v) is 6.41. The van der Waals surface area contributed by atoms with Crippen LogP contribution in [-0.2, 0) is 6.42 Å². The summed E-state index contributed by atoms with van der Waals surface area (Å²) in [6, 6.07) is 13.4. The first-order valence-corrected chi connectivity index (χ1v) is 7.95. The predicted octanol–water partition coefficient (Wildman–Crippen LogP) is 4.77. The van der Waals surface area contributed by atoms with Gasteiger partial charge in [-0.1, -0.05) is 45.7 Å². The maximum atomic E-state index is 12.3. The van der Waals surface area contributed by atoms with Crippen LogP contribution in [0.5, 0.6) is 0 Å². The minimum Gasteiger partial charge on any atom is -0.349 e. The van der Waals surface area contributed by atoms with Crippen LogP contribution < -0.4 is 5.32 Å². The molecular weight excluding hydrogens is 350 g/mol. The number of hydrogen-bond donors (Lipinski definition) is 1. The van der Waals surface area contributed by atoms with E-state index in [1.807, 2.05) is 56.3 Å². The molecule has 0 aliphatic carbocycles. The summed E-state index contributed by atoms with van der Waals surface area (Å²) in [4.78, 5) is 12.3. The highest BCUT2D eigenvalue weighted by Gasteiger charge is 2.13. The minimum atomic E-state index is -0.0525. The van der Waals surface area contributed by atoms with E-state index in [1.54, 1.807) is 0 Å². The summed E-state index contributed by atoms with van der Waals surface area (Å²) in [5.41, 5.74) is 2.76. The Morgan fingerprint density at radius 3 is 2.71 bits per heavy atom. The average molecular weight is 367 g/mol. The Labute approximate surface area is 138 Å². The van der Waals surface area contributed by atoms with Crippen molar-refractivity contribution in [2.75, 3.05) is 0 Å². The summed E-state index contributed by atoms with van der Waals surface area (Å²) in [5, 5.41) is 3.75. The maximum Gasteiger partial charge on any atom is 0.251 e. The van der Waals surface area contributed by atoms with Gasteiger partial charge in [0.05, 0.1) is 0 Å². The van der Waals surface area contributed by atoms with Crippen LogP contribution in [0.4, 0.5) is 0 Å². The molecule has 0 fully saturated rings. The molecule has 1 atom stereocenters. The van der Waals surface area contributed by atoms with Gasteiger partial charge >= 0.3 is 0 Å². The summed E-state index contributed by atoms with van der Waals surface area (Å²) in [5.74, 6) is -0.0525. The van der Waals surface area contributed by atoms with Crippen molar-refractivity contribution in [3.8, 4) is 0 Å². The van der Waals surface area contributed by atoms with Crippen molar-refractivity contribution in [2.24, 2.45) is 0 Å². The normalized spacial score (nSPS) is 12.0. The van der Waals surface area contributed by atoms with E-state index in [4.69, 9.17) is 11.6 Å². The number of hydrogen-bond acceptors (Lipinski definition) is 1. The topological polar surface area (TPSA) is 29.1 Å². The second-order valence-electron chi connectivity index (χ2n) is 5.12. The van der Waals surface area contributed by atoms with E-state index in [2.05, 4.69) is 21.2 Å². The smallest absolute Gasteiger partial charge is 0.251 e. The zero-order chi connectivity index (χ0) is 15.4. The van der Waals surface area contributed by atoms with Gasteiger partial charge in [0.1, 0.15) is 0 Å². The van der Waals surface area contributed by atoms with Crippen molar-refractivity contribution in [1.29, 1.82) is 0 Å². The van der Waals surface area contributed by atoms with Crippen LogP contribution in [0.3, 0.4) is 0 Å². The Morgan fingerprint density at radius 1 is 1.29 bits per heavy atom. The van der Waals surface area contributed by atoms with Gasteiger partial charge in [0.25, 0.3) is 5.91 Å². The highest BCUT2D eigenvalue weighted by molar-refractivity contribution is 9.10. The van der Waals surface area contributed by atoms with Crippen LogP contribution in [0.15, 0.2) is 46.9 Å². The minimum absolute atomic E-state index is 0.0364. The molecule has 4 heteroatoms. The zero-order valence-corrected chi connectivity index (χ0v) is 14.3. The summed E-state index contributed by atoms with van der Waals surface area (Å²) in [6.45, 7) is 3.92. The van der Waals surface area contributed by atoms with E-state index < -0.39 is 0 Å². The molecule has 21 heavy (non-hydrogen) atoms. The molecule has 0 aliphatic rings. The third-order valence-corrected chi connectivity index (χ3v) is 4.41. The quantitative estimate of drug-likeness (QED) is 0.829. The first-order valence-electron chi connectivity index (χ1n) is 6.78. The first-order chi connectivity index (χ1) is 9.97. The molecule has 0 aromatic heterocycles. The van der Waals surface area contributed by atoms with Gasteiger partial charge in [-0.15, -0.1) is 0 Å². The van der Waals surface area contributed by atoms with E-state index >= 15 is 0 Å². The van der Waals surface area contributed by atoms with Crippen LogP contribution >= 0.6 is 27.5 Å². The highest BCUT2D eigenvalue weighted by atomic mass is 79.9. The predicted molar refractivity (Wildman–Crippen MR) is 91.0 cm³/mol. The van der Waals surface area contributed by atoms with Crippen molar-refractivity contribution in [3.63, 3.8) is 0 Å². The van der Waals surface area contributed by atoms with E-state index in [1.165, 1.54) is 0 Å². The van der Waals surface area contributed by atoms with Gasteiger partial charge in [-0.2, -0.15) is 0 Å². The van der Waals surface area contributed by atoms with Gasteiger partial charge in [-0.05, 0) is 55.7 Å². The highest BCUT2D eigenvalue weighted by Crippen LogP contribution is 2.19. The van der Waals surface area contributed by atoms with Crippen molar-refractivity contribution in [1.82, 2.24) is 5.32 Å². The Hall–Kier alpha value is -1.32. The molecule has 0 spiro atoms. The maximum absolute atomic E-state index is 12.3. The third kappa shape index (κ3) is 4.32. The summed E-state index contributed by atoms with van der Waals surface area (Å²) >= 11 is 9.42. The fraction of sp³-hybridized carbons (Fsp3) is 0.235. The lowest BCUT2D eigenvalue weighted by Gasteiger charge is -2.15. The van der Waals surface area contributed by atoms with Crippen molar-refractivity contribution >= 4 is 33.4 Å². The molecule has 0 radical (unpaired) electrons. The molecule has 0 heterocycles. The molecule has 2 nitrogen and oxygen atoms in total. The Balaban J connectivity index is 2.04. The molecule has 0 aliphatic heterocycles. The summed E-state index contributed by atoms with van der Waals surface area (Å²) in [6.07, 6.45) is 0.749. The van der Waals surface area contributed by atoms with E-state index in [0.717, 1.165) is 22.0 Å². The van der Waals surface area contributed by atoms with Crippen molar-refractivity contribution in [2.45, 2.75) is 26.3 Å². The second kappa shape index (κ2) is 7.10. The van der Waals surface area contributed by atoms with Crippen molar-refractivity contribution in [3.05, 3.63) is 68.7 Å². The number of halogens is 2. The lowest BCUT2D eigenvalue weighted by molar-refractivity contribution is 0.0939. The van der Waals surface area contributed by atoms with E-state index in [9.17, 15) is 4.79 Å². The molecule has 1 amide bonds. The SMILES string of the molecule is Cc1c(Br)cccc1C(=O)NC(C)Cc1cccc(Cl)c1. The van der Waals surface area contributed by atoms with E-state index in [0.29, 0.717) is 10.6 Å².